The van der Waals surface area contributed by atoms with Gasteiger partial charge in [0.1, 0.15) is 0 Å². The lowest BCUT2D eigenvalue weighted by molar-refractivity contribution is 0.111. The van der Waals surface area contributed by atoms with Crippen LogP contribution in [-0.4, -0.2) is 10.9 Å². The lowest BCUT2D eigenvalue weighted by Gasteiger charge is -2.26. The molecule has 0 aliphatic heterocycles. The summed E-state index contributed by atoms with van der Waals surface area (Å²) in [6.07, 6.45) is 4.83. The second-order valence-electron chi connectivity index (χ2n) is 3.49. The zero-order chi connectivity index (χ0) is 8.55. The molecule has 0 atom stereocenters. The summed E-state index contributed by atoms with van der Waals surface area (Å²) in [5.74, 6) is 0.712. The summed E-state index contributed by atoms with van der Waals surface area (Å²) in [4.78, 5) is 10.5. The first-order chi connectivity index (χ1) is 5.83. The predicted molar refractivity (Wildman–Crippen MR) is 47.4 cm³/mol. The van der Waals surface area contributed by atoms with Gasteiger partial charge in [-0.05, 0) is 30.9 Å². The molecule has 0 N–H and O–H groups in total. The molecule has 0 unspecified atom stereocenters. The van der Waals surface area contributed by atoms with Crippen LogP contribution in [-0.2, 0) is 7.05 Å². The van der Waals surface area contributed by atoms with E-state index in [1.54, 1.807) is 0 Å². The van der Waals surface area contributed by atoms with Crippen molar-refractivity contribution in [1.29, 1.82) is 0 Å². The second kappa shape index (κ2) is 2.77. The van der Waals surface area contributed by atoms with Crippen LogP contribution in [0.1, 0.15) is 41.4 Å². The van der Waals surface area contributed by atoms with Gasteiger partial charge in [-0.25, -0.2) is 0 Å². The van der Waals surface area contributed by atoms with Crippen LogP contribution < -0.4 is 0 Å². The lowest BCUT2D eigenvalue weighted by atomic mass is 9.83. The van der Waals surface area contributed by atoms with Crippen molar-refractivity contribution in [3.05, 3.63) is 23.5 Å². The lowest BCUT2D eigenvalue weighted by Crippen LogP contribution is -2.13. The SMILES string of the molecule is Cn1c(C=O)ccc1C1CCC1. The van der Waals surface area contributed by atoms with Gasteiger partial charge >= 0.3 is 0 Å². The molecule has 0 aromatic carbocycles. The molecule has 1 heterocycles. The number of rotatable bonds is 2. The fourth-order valence-corrected chi connectivity index (χ4v) is 1.78. The van der Waals surface area contributed by atoms with Crippen molar-refractivity contribution in [3.8, 4) is 0 Å². The minimum atomic E-state index is 0.712. The van der Waals surface area contributed by atoms with Gasteiger partial charge in [0.05, 0.1) is 5.69 Å². The van der Waals surface area contributed by atoms with E-state index in [9.17, 15) is 4.79 Å². The highest BCUT2D eigenvalue weighted by atomic mass is 16.1. The zero-order valence-electron chi connectivity index (χ0n) is 7.29. The van der Waals surface area contributed by atoms with Crippen LogP contribution in [0, 0.1) is 0 Å². The monoisotopic (exact) mass is 163 g/mol. The summed E-state index contributed by atoms with van der Waals surface area (Å²) in [5.41, 5.74) is 2.11. The third-order valence-electron chi connectivity index (χ3n) is 2.84. The Labute approximate surface area is 72.2 Å². The Balaban J connectivity index is 2.31. The largest absolute Gasteiger partial charge is 0.345 e. The number of hydrogen-bond acceptors (Lipinski definition) is 1. The van der Waals surface area contributed by atoms with Gasteiger partial charge in [0.2, 0.25) is 0 Å². The molecule has 1 aromatic rings. The highest BCUT2D eigenvalue weighted by Crippen LogP contribution is 2.36. The Hall–Kier alpha value is -1.05. The second-order valence-corrected chi connectivity index (χ2v) is 3.49. The van der Waals surface area contributed by atoms with Gasteiger partial charge in [0.15, 0.2) is 6.29 Å². The highest BCUT2D eigenvalue weighted by Gasteiger charge is 2.22. The van der Waals surface area contributed by atoms with E-state index in [1.165, 1.54) is 25.0 Å². The van der Waals surface area contributed by atoms with Crippen LogP contribution in [0.3, 0.4) is 0 Å². The number of hydrogen-bond donors (Lipinski definition) is 0. The summed E-state index contributed by atoms with van der Waals surface area (Å²) in [7, 11) is 1.97. The third kappa shape index (κ3) is 0.986. The first kappa shape index (κ1) is 7.59. The molecule has 0 spiro atoms. The quantitative estimate of drug-likeness (QED) is 0.612. The van der Waals surface area contributed by atoms with Crippen LogP contribution in [0.15, 0.2) is 12.1 Å². The van der Waals surface area contributed by atoms with Gasteiger partial charge in [-0.15, -0.1) is 0 Å². The van der Waals surface area contributed by atoms with Crippen molar-refractivity contribution < 1.29 is 4.79 Å². The van der Waals surface area contributed by atoms with Gasteiger partial charge in [-0.1, -0.05) is 6.42 Å². The van der Waals surface area contributed by atoms with E-state index in [0.29, 0.717) is 5.92 Å². The molecule has 0 saturated heterocycles. The summed E-state index contributed by atoms with van der Waals surface area (Å²) < 4.78 is 2.01. The van der Waals surface area contributed by atoms with E-state index in [0.717, 1.165) is 12.0 Å². The van der Waals surface area contributed by atoms with Gasteiger partial charge < -0.3 is 4.57 Å². The Morgan fingerprint density at radius 3 is 2.67 bits per heavy atom. The van der Waals surface area contributed by atoms with Gasteiger partial charge in [-0.3, -0.25) is 4.79 Å². The number of nitrogens with zero attached hydrogens (tertiary/aromatic N) is 1. The minimum Gasteiger partial charge on any atom is -0.345 e. The molecular weight excluding hydrogens is 150 g/mol. The first-order valence-corrected chi connectivity index (χ1v) is 4.43. The van der Waals surface area contributed by atoms with E-state index in [2.05, 4.69) is 6.07 Å². The van der Waals surface area contributed by atoms with Crippen LogP contribution >= 0.6 is 0 Å². The standard InChI is InChI=1S/C10H13NO/c1-11-9(7-12)5-6-10(11)8-3-2-4-8/h5-8H,2-4H2,1H3. The highest BCUT2D eigenvalue weighted by molar-refractivity contribution is 5.72. The number of aldehydes is 1. The van der Waals surface area contributed by atoms with Crippen molar-refractivity contribution in [2.45, 2.75) is 25.2 Å². The average molecular weight is 163 g/mol. The molecule has 64 valence electrons. The van der Waals surface area contributed by atoms with Crippen molar-refractivity contribution in [2.24, 2.45) is 7.05 Å². The summed E-state index contributed by atoms with van der Waals surface area (Å²) in [6.45, 7) is 0. The summed E-state index contributed by atoms with van der Waals surface area (Å²) in [6, 6.07) is 3.98. The van der Waals surface area contributed by atoms with Crippen molar-refractivity contribution in [1.82, 2.24) is 4.57 Å². The number of aromatic nitrogens is 1. The molecule has 0 amide bonds. The fourth-order valence-electron chi connectivity index (χ4n) is 1.78. The van der Waals surface area contributed by atoms with Gasteiger partial charge in [0, 0.05) is 12.7 Å². The molecule has 12 heavy (non-hydrogen) atoms. The van der Waals surface area contributed by atoms with Gasteiger partial charge in [-0.2, -0.15) is 0 Å². The molecule has 1 aromatic heterocycles. The zero-order valence-corrected chi connectivity index (χ0v) is 7.29. The van der Waals surface area contributed by atoms with Crippen molar-refractivity contribution >= 4 is 6.29 Å². The first-order valence-electron chi connectivity index (χ1n) is 4.43. The minimum absolute atomic E-state index is 0.712. The van der Waals surface area contributed by atoms with Crippen LogP contribution in [0.25, 0.3) is 0 Å². The molecule has 2 heteroatoms. The van der Waals surface area contributed by atoms with E-state index in [4.69, 9.17) is 0 Å². The smallest absolute Gasteiger partial charge is 0.166 e. The average Bonchev–Trinajstić information content (AvgIpc) is 2.30. The summed E-state index contributed by atoms with van der Waals surface area (Å²) in [5, 5.41) is 0. The van der Waals surface area contributed by atoms with E-state index in [-0.39, 0.29) is 0 Å². The maximum Gasteiger partial charge on any atom is 0.166 e. The van der Waals surface area contributed by atoms with E-state index >= 15 is 0 Å². The molecule has 2 rings (SSSR count). The van der Waals surface area contributed by atoms with Crippen LogP contribution in [0.5, 0.6) is 0 Å². The molecule has 1 saturated carbocycles. The van der Waals surface area contributed by atoms with E-state index in [1.807, 2.05) is 17.7 Å². The van der Waals surface area contributed by atoms with Gasteiger partial charge in [0.25, 0.3) is 0 Å². The molecule has 0 radical (unpaired) electrons. The van der Waals surface area contributed by atoms with E-state index < -0.39 is 0 Å². The fraction of sp³-hybridized carbons (Fsp3) is 0.500. The maximum absolute atomic E-state index is 10.5. The Kier molecular flexibility index (Phi) is 1.75. The van der Waals surface area contributed by atoms with Crippen LogP contribution in [0.2, 0.25) is 0 Å². The third-order valence-corrected chi connectivity index (χ3v) is 2.84. The molecule has 0 bridgehead atoms. The normalized spacial score (nSPS) is 17.4. The predicted octanol–water partition coefficient (Wildman–Crippen LogP) is 2.11. The Morgan fingerprint density at radius 1 is 1.50 bits per heavy atom. The molecule has 1 aliphatic carbocycles. The van der Waals surface area contributed by atoms with Crippen molar-refractivity contribution in [2.75, 3.05) is 0 Å². The molecule has 1 fully saturated rings. The summed E-state index contributed by atoms with van der Waals surface area (Å²) >= 11 is 0. The molecular formula is C10H13NO. The Bertz CT molecular complexity index is 297. The van der Waals surface area contributed by atoms with Crippen molar-refractivity contribution in [3.63, 3.8) is 0 Å². The molecule has 1 aliphatic rings. The topological polar surface area (TPSA) is 22.0 Å². The molecule has 2 nitrogen and oxygen atoms in total. The Morgan fingerprint density at radius 2 is 2.25 bits per heavy atom. The maximum atomic E-state index is 10.5. The number of carbonyl (C=O) groups is 1. The number of carbonyl (C=O) groups excluding carboxylic acids is 1. The van der Waals surface area contributed by atoms with Crippen LogP contribution in [0.4, 0.5) is 0 Å².